The molecule has 0 atom stereocenters. The van der Waals surface area contributed by atoms with Crippen LogP contribution in [0.1, 0.15) is 5.69 Å². The minimum absolute atomic E-state index is 0.652. The molecule has 6 heteroatoms. The molecule has 0 spiro atoms. The van der Waals surface area contributed by atoms with Crippen molar-refractivity contribution in [2.24, 2.45) is 0 Å². The molecule has 0 amide bonds. The van der Waals surface area contributed by atoms with Crippen molar-refractivity contribution in [1.82, 2.24) is 14.9 Å². The van der Waals surface area contributed by atoms with Gasteiger partial charge in [-0.25, -0.2) is 4.98 Å². The first-order valence-electron chi connectivity index (χ1n) is 7.73. The van der Waals surface area contributed by atoms with Crippen LogP contribution in [0.15, 0.2) is 30.3 Å². The van der Waals surface area contributed by atoms with Gasteiger partial charge in [-0.1, -0.05) is 0 Å². The van der Waals surface area contributed by atoms with Gasteiger partial charge < -0.3 is 20.4 Å². The van der Waals surface area contributed by atoms with Gasteiger partial charge in [0.15, 0.2) is 0 Å². The molecule has 1 heterocycles. The molecule has 2 aromatic rings. The lowest BCUT2D eigenvalue weighted by Crippen LogP contribution is -2.21. The average molecular weight is 314 g/mol. The summed E-state index contributed by atoms with van der Waals surface area (Å²) in [6.07, 6.45) is 0. The molecule has 0 saturated heterocycles. The molecular weight excluding hydrogens is 288 g/mol. The molecule has 0 saturated carbocycles. The Morgan fingerprint density at radius 2 is 1.70 bits per heavy atom. The molecule has 2 rings (SSSR count). The van der Waals surface area contributed by atoms with E-state index in [2.05, 4.69) is 42.5 Å². The Morgan fingerprint density at radius 1 is 1.00 bits per heavy atom. The van der Waals surface area contributed by atoms with Gasteiger partial charge in [0, 0.05) is 50.3 Å². The highest BCUT2D eigenvalue weighted by molar-refractivity contribution is 5.61. The maximum Gasteiger partial charge on any atom is 0.224 e. The molecule has 6 nitrogen and oxygen atoms in total. The molecule has 2 N–H and O–H groups in total. The number of hydrogen-bond donors (Lipinski definition) is 2. The van der Waals surface area contributed by atoms with Gasteiger partial charge in [-0.3, -0.25) is 0 Å². The van der Waals surface area contributed by atoms with E-state index in [4.69, 9.17) is 0 Å². The van der Waals surface area contributed by atoms with E-state index in [1.165, 1.54) is 5.69 Å². The van der Waals surface area contributed by atoms with E-state index in [0.29, 0.717) is 5.95 Å². The van der Waals surface area contributed by atoms with Crippen molar-refractivity contribution in [3.63, 3.8) is 0 Å². The number of nitrogens with zero attached hydrogens (tertiary/aromatic N) is 4. The summed E-state index contributed by atoms with van der Waals surface area (Å²) >= 11 is 0. The van der Waals surface area contributed by atoms with Crippen LogP contribution in [0.3, 0.4) is 0 Å². The zero-order chi connectivity index (χ0) is 16.8. The standard InChI is InChI=1S/C17H26N6/c1-13-12-16(21-17(19-13)18-10-11-22(2)3)20-14-6-8-15(9-7-14)23(4)5/h6-9,12H,10-11H2,1-5H3,(H2,18,19,20,21). The van der Waals surface area contributed by atoms with E-state index < -0.39 is 0 Å². The molecule has 0 aliphatic rings. The summed E-state index contributed by atoms with van der Waals surface area (Å²) in [4.78, 5) is 13.1. The molecule has 124 valence electrons. The Morgan fingerprint density at radius 3 is 2.30 bits per heavy atom. The maximum atomic E-state index is 4.52. The number of rotatable bonds is 7. The smallest absolute Gasteiger partial charge is 0.224 e. The van der Waals surface area contributed by atoms with Crippen molar-refractivity contribution in [1.29, 1.82) is 0 Å². The number of benzene rings is 1. The van der Waals surface area contributed by atoms with Gasteiger partial charge in [0.25, 0.3) is 0 Å². The van der Waals surface area contributed by atoms with Crippen LogP contribution in [0, 0.1) is 6.92 Å². The van der Waals surface area contributed by atoms with Crippen LogP contribution in [-0.4, -0.2) is 56.1 Å². The lowest BCUT2D eigenvalue weighted by atomic mass is 10.2. The molecule has 0 aliphatic heterocycles. The predicted octanol–water partition coefficient (Wildman–Crippen LogP) is 2.57. The minimum Gasteiger partial charge on any atom is -0.378 e. The highest BCUT2D eigenvalue weighted by Crippen LogP contribution is 2.20. The van der Waals surface area contributed by atoms with Gasteiger partial charge in [0.2, 0.25) is 5.95 Å². The lowest BCUT2D eigenvalue weighted by Gasteiger charge is -2.14. The number of nitrogens with one attached hydrogen (secondary N) is 2. The topological polar surface area (TPSA) is 56.3 Å². The van der Waals surface area contributed by atoms with Crippen LogP contribution in [0.25, 0.3) is 0 Å². The van der Waals surface area contributed by atoms with Crippen molar-refractivity contribution >= 4 is 23.1 Å². The van der Waals surface area contributed by atoms with E-state index in [1.54, 1.807) is 0 Å². The molecule has 23 heavy (non-hydrogen) atoms. The number of anilines is 4. The summed E-state index contributed by atoms with van der Waals surface area (Å²) in [5, 5.41) is 6.59. The summed E-state index contributed by atoms with van der Waals surface area (Å²) in [6, 6.07) is 10.2. The Kier molecular flexibility index (Phi) is 5.76. The number of likely N-dealkylation sites (N-methyl/N-ethyl adjacent to an activating group) is 1. The molecule has 0 fully saturated rings. The van der Waals surface area contributed by atoms with Crippen LogP contribution >= 0.6 is 0 Å². The highest BCUT2D eigenvalue weighted by atomic mass is 15.2. The third-order valence-electron chi connectivity index (χ3n) is 3.35. The third-order valence-corrected chi connectivity index (χ3v) is 3.35. The monoisotopic (exact) mass is 314 g/mol. The van der Waals surface area contributed by atoms with Crippen molar-refractivity contribution in [3.05, 3.63) is 36.0 Å². The largest absolute Gasteiger partial charge is 0.378 e. The minimum atomic E-state index is 0.652. The second-order valence-electron chi connectivity index (χ2n) is 6.01. The van der Waals surface area contributed by atoms with E-state index >= 15 is 0 Å². The van der Waals surface area contributed by atoms with Crippen LogP contribution in [0.2, 0.25) is 0 Å². The zero-order valence-corrected chi connectivity index (χ0v) is 14.6. The lowest BCUT2D eigenvalue weighted by molar-refractivity contribution is 0.425. The summed E-state index contributed by atoms with van der Waals surface area (Å²) in [6.45, 7) is 3.72. The summed E-state index contributed by atoms with van der Waals surface area (Å²) < 4.78 is 0. The first kappa shape index (κ1) is 17.0. The second-order valence-corrected chi connectivity index (χ2v) is 6.01. The molecule has 1 aromatic carbocycles. The van der Waals surface area contributed by atoms with E-state index in [1.807, 2.05) is 53.3 Å². The predicted molar refractivity (Wildman–Crippen MR) is 97.9 cm³/mol. The van der Waals surface area contributed by atoms with Crippen LogP contribution in [-0.2, 0) is 0 Å². The summed E-state index contributed by atoms with van der Waals surface area (Å²) in [7, 11) is 8.15. The van der Waals surface area contributed by atoms with Crippen LogP contribution < -0.4 is 15.5 Å². The van der Waals surface area contributed by atoms with Crippen molar-refractivity contribution in [2.75, 3.05) is 56.8 Å². The molecule has 1 aromatic heterocycles. The van der Waals surface area contributed by atoms with Crippen molar-refractivity contribution in [3.8, 4) is 0 Å². The van der Waals surface area contributed by atoms with E-state index in [9.17, 15) is 0 Å². The average Bonchev–Trinajstić information content (AvgIpc) is 2.46. The van der Waals surface area contributed by atoms with Gasteiger partial charge in [-0.05, 0) is 45.3 Å². The Hall–Kier alpha value is -2.34. The molecular formula is C17H26N6. The molecule has 0 radical (unpaired) electrons. The summed E-state index contributed by atoms with van der Waals surface area (Å²) in [5.41, 5.74) is 3.10. The number of aryl methyl sites for hydroxylation is 1. The SMILES string of the molecule is Cc1cc(Nc2ccc(N(C)C)cc2)nc(NCCN(C)C)n1. The van der Waals surface area contributed by atoms with Gasteiger partial charge in [0.1, 0.15) is 5.82 Å². The maximum absolute atomic E-state index is 4.52. The fraction of sp³-hybridized carbons (Fsp3) is 0.412. The Bertz CT molecular complexity index is 621. The van der Waals surface area contributed by atoms with Crippen LogP contribution in [0.4, 0.5) is 23.1 Å². The van der Waals surface area contributed by atoms with Crippen LogP contribution in [0.5, 0.6) is 0 Å². The molecule has 0 bridgehead atoms. The second kappa shape index (κ2) is 7.78. The fourth-order valence-electron chi connectivity index (χ4n) is 2.09. The number of aromatic nitrogens is 2. The van der Waals surface area contributed by atoms with Crippen molar-refractivity contribution in [2.45, 2.75) is 6.92 Å². The van der Waals surface area contributed by atoms with Gasteiger partial charge in [-0.2, -0.15) is 4.98 Å². The van der Waals surface area contributed by atoms with Crippen molar-refractivity contribution < 1.29 is 0 Å². The first-order chi connectivity index (χ1) is 10.9. The quantitative estimate of drug-likeness (QED) is 0.819. The normalized spacial score (nSPS) is 10.7. The first-order valence-corrected chi connectivity index (χ1v) is 7.73. The Labute approximate surface area is 138 Å². The van der Waals surface area contributed by atoms with E-state index in [-0.39, 0.29) is 0 Å². The van der Waals surface area contributed by atoms with Gasteiger partial charge in [-0.15, -0.1) is 0 Å². The highest BCUT2D eigenvalue weighted by Gasteiger charge is 2.03. The number of hydrogen-bond acceptors (Lipinski definition) is 6. The summed E-state index contributed by atoms with van der Waals surface area (Å²) in [5.74, 6) is 1.45. The van der Waals surface area contributed by atoms with E-state index in [0.717, 1.165) is 30.3 Å². The molecule has 0 unspecified atom stereocenters. The molecule has 0 aliphatic carbocycles. The fourth-order valence-corrected chi connectivity index (χ4v) is 2.09. The third kappa shape index (κ3) is 5.41. The van der Waals surface area contributed by atoms with Gasteiger partial charge in [0.05, 0.1) is 0 Å². The Balaban J connectivity index is 2.05. The zero-order valence-electron chi connectivity index (χ0n) is 14.6. The van der Waals surface area contributed by atoms with Gasteiger partial charge >= 0.3 is 0 Å².